The lowest BCUT2D eigenvalue weighted by Crippen LogP contribution is -2.32. The molecule has 1 aliphatic carbocycles. The Kier molecular flexibility index (Phi) is 6.20. The van der Waals surface area contributed by atoms with Gasteiger partial charge in [-0.2, -0.15) is 26.3 Å². The Morgan fingerprint density at radius 3 is 2.06 bits per heavy atom. The summed E-state index contributed by atoms with van der Waals surface area (Å²) in [7, 11) is 0. The first-order valence-corrected chi connectivity index (χ1v) is 10.4. The van der Waals surface area contributed by atoms with E-state index in [9.17, 15) is 40.3 Å². The van der Waals surface area contributed by atoms with Crippen LogP contribution in [0.15, 0.2) is 47.3 Å². The van der Waals surface area contributed by atoms with Gasteiger partial charge in [0.25, 0.3) is 5.91 Å². The lowest BCUT2D eigenvalue weighted by atomic mass is 10.0. The molecule has 1 fully saturated rings. The number of nitrogens with one attached hydrogen (secondary N) is 1. The maximum absolute atomic E-state index is 13.3. The van der Waals surface area contributed by atoms with E-state index >= 15 is 0 Å². The molecule has 0 aliphatic heterocycles. The van der Waals surface area contributed by atoms with Crippen molar-refractivity contribution in [3.8, 4) is 11.4 Å². The summed E-state index contributed by atoms with van der Waals surface area (Å²) in [6, 6.07) is 5.81. The standard InChI is InChI=1S/C22H17F7N4O2/c23-16-3-1-12(2-4-16)18-31-32(20(35)33(18)17-5-6-17)8-7-30-19(34)13-9-14(21(24,25)26)11-15(10-13)22(27,28)29/h1-4,9-11,17H,5-8H2,(H,30,34). The summed E-state index contributed by atoms with van der Waals surface area (Å²) in [5, 5.41) is 6.45. The van der Waals surface area contributed by atoms with E-state index in [2.05, 4.69) is 10.4 Å². The van der Waals surface area contributed by atoms with Crippen LogP contribution in [0.1, 0.15) is 40.4 Å². The number of hydrogen-bond donors (Lipinski definition) is 1. The molecule has 1 heterocycles. The normalized spacial score (nSPS) is 14.3. The second kappa shape index (κ2) is 8.86. The monoisotopic (exact) mass is 502 g/mol. The number of carbonyl (C=O) groups is 1. The number of hydrogen-bond acceptors (Lipinski definition) is 3. The van der Waals surface area contributed by atoms with Gasteiger partial charge in [0.2, 0.25) is 0 Å². The summed E-state index contributed by atoms with van der Waals surface area (Å²) in [5.41, 5.74) is -4.06. The molecule has 1 N–H and O–H groups in total. The molecule has 0 atom stereocenters. The van der Waals surface area contributed by atoms with Gasteiger partial charge in [-0.05, 0) is 55.3 Å². The molecule has 1 amide bonds. The third-order valence-electron chi connectivity index (χ3n) is 5.34. The minimum absolute atomic E-state index is 0.0716. The average Bonchev–Trinajstić information content (AvgIpc) is 3.56. The van der Waals surface area contributed by atoms with Crippen LogP contribution in [0.4, 0.5) is 30.7 Å². The molecular formula is C22H17F7N4O2. The molecule has 0 saturated heterocycles. The number of benzene rings is 2. The van der Waals surface area contributed by atoms with Gasteiger partial charge in [0, 0.05) is 23.7 Å². The number of nitrogens with zero attached hydrogens (tertiary/aromatic N) is 3. The summed E-state index contributed by atoms with van der Waals surface area (Å²) < 4.78 is 93.9. The van der Waals surface area contributed by atoms with E-state index in [4.69, 9.17) is 0 Å². The SMILES string of the molecule is O=C(NCCn1nc(-c2ccc(F)cc2)n(C2CC2)c1=O)c1cc(C(F)(F)F)cc(C(F)(F)F)c1. The van der Waals surface area contributed by atoms with Gasteiger partial charge >= 0.3 is 18.0 Å². The zero-order valence-corrected chi connectivity index (χ0v) is 17.8. The van der Waals surface area contributed by atoms with Crippen LogP contribution in [0.5, 0.6) is 0 Å². The molecular weight excluding hydrogens is 485 g/mol. The van der Waals surface area contributed by atoms with Crippen molar-refractivity contribution in [3.05, 3.63) is 75.5 Å². The van der Waals surface area contributed by atoms with Gasteiger partial charge in [-0.25, -0.2) is 13.9 Å². The first-order chi connectivity index (χ1) is 16.3. The lowest BCUT2D eigenvalue weighted by molar-refractivity contribution is -0.143. The molecule has 1 aliphatic rings. The first kappa shape index (κ1) is 24.5. The van der Waals surface area contributed by atoms with Crippen LogP contribution in [0, 0.1) is 5.82 Å². The Hall–Kier alpha value is -3.64. The third kappa shape index (κ3) is 5.38. The van der Waals surface area contributed by atoms with E-state index in [1.807, 2.05) is 0 Å². The van der Waals surface area contributed by atoms with Crippen LogP contribution in [0.2, 0.25) is 0 Å². The van der Waals surface area contributed by atoms with Crippen LogP contribution < -0.4 is 11.0 Å². The highest BCUT2D eigenvalue weighted by Gasteiger charge is 2.37. The van der Waals surface area contributed by atoms with Crippen LogP contribution >= 0.6 is 0 Å². The fourth-order valence-electron chi connectivity index (χ4n) is 3.49. The maximum Gasteiger partial charge on any atom is 0.416 e. The zero-order chi connectivity index (χ0) is 25.5. The molecule has 3 aromatic rings. The maximum atomic E-state index is 13.3. The number of halogens is 7. The Balaban J connectivity index is 1.53. The molecule has 1 saturated carbocycles. The number of rotatable bonds is 6. The van der Waals surface area contributed by atoms with Crippen LogP contribution in [-0.4, -0.2) is 26.8 Å². The quantitative estimate of drug-likeness (QED) is 0.499. The Morgan fingerprint density at radius 2 is 1.54 bits per heavy atom. The lowest BCUT2D eigenvalue weighted by Gasteiger charge is -2.14. The number of aromatic nitrogens is 3. The summed E-state index contributed by atoms with van der Waals surface area (Å²) >= 11 is 0. The van der Waals surface area contributed by atoms with Gasteiger partial charge < -0.3 is 5.32 Å². The van der Waals surface area contributed by atoms with Crippen molar-refractivity contribution in [2.75, 3.05) is 6.54 Å². The number of alkyl halides is 6. The van der Waals surface area contributed by atoms with Gasteiger partial charge in [-0.15, -0.1) is 5.10 Å². The second-order valence-corrected chi connectivity index (χ2v) is 7.99. The van der Waals surface area contributed by atoms with Crippen molar-refractivity contribution in [3.63, 3.8) is 0 Å². The van der Waals surface area contributed by atoms with E-state index in [0.29, 0.717) is 17.7 Å². The summed E-state index contributed by atoms with van der Waals surface area (Å²) in [6.45, 7) is -0.482. The van der Waals surface area contributed by atoms with Crippen molar-refractivity contribution in [2.24, 2.45) is 0 Å². The van der Waals surface area contributed by atoms with E-state index in [-0.39, 0.29) is 31.0 Å². The molecule has 0 spiro atoms. The topological polar surface area (TPSA) is 68.9 Å². The molecule has 0 radical (unpaired) electrons. The van der Waals surface area contributed by atoms with Gasteiger partial charge in [-0.3, -0.25) is 9.36 Å². The van der Waals surface area contributed by atoms with Crippen molar-refractivity contribution in [2.45, 2.75) is 37.8 Å². The second-order valence-electron chi connectivity index (χ2n) is 7.99. The predicted octanol–water partition coefficient (Wildman–Crippen LogP) is 4.65. The minimum Gasteiger partial charge on any atom is -0.350 e. The van der Waals surface area contributed by atoms with Crippen LogP contribution in [0.25, 0.3) is 11.4 Å². The molecule has 186 valence electrons. The molecule has 4 rings (SSSR count). The molecule has 6 nitrogen and oxygen atoms in total. The number of carbonyl (C=O) groups excluding carboxylic acids is 1. The van der Waals surface area contributed by atoms with Crippen molar-refractivity contribution < 1.29 is 35.5 Å². The van der Waals surface area contributed by atoms with Crippen molar-refractivity contribution >= 4 is 5.91 Å². The molecule has 0 unspecified atom stereocenters. The summed E-state index contributed by atoms with van der Waals surface area (Å²) in [6.07, 6.45) is -8.69. The molecule has 35 heavy (non-hydrogen) atoms. The molecule has 2 aromatic carbocycles. The smallest absolute Gasteiger partial charge is 0.350 e. The molecule has 0 bridgehead atoms. The first-order valence-electron chi connectivity index (χ1n) is 10.4. The number of amides is 1. The highest BCUT2D eigenvalue weighted by atomic mass is 19.4. The highest BCUT2D eigenvalue weighted by Crippen LogP contribution is 2.37. The van der Waals surface area contributed by atoms with Crippen molar-refractivity contribution in [1.82, 2.24) is 19.7 Å². The fourth-order valence-corrected chi connectivity index (χ4v) is 3.49. The third-order valence-corrected chi connectivity index (χ3v) is 5.34. The fraction of sp³-hybridized carbons (Fsp3) is 0.318. The van der Waals surface area contributed by atoms with E-state index in [1.165, 1.54) is 28.8 Å². The Labute approximate surface area is 193 Å². The van der Waals surface area contributed by atoms with Gasteiger partial charge in [0.05, 0.1) is 17.7 Å². The highest BCUT2D eigenvalue weighted by molar-refractivity contribution is 5.94. The van der Waals surface area contributed by atoms with E-state index in [1.54, 1.807) is 0 Å². The summed E-state index contributed by atoms with van der Waals surface area (Å²) in [4.78, 5) is 25.1. The average molecular weight is 502 g/mol. The zero-order valence-electron chi connectivity index (χ0n) is 17.8. The summed E-state index contributed by atoms with van der Waals surface area (Å²) in [5.74, 6) is -1.36. The van der Waals surface area contributed by atoms with Crippen molar-refractivity contribution in [1.29, 1.82) is 0 Å². The largest absolute Gasteiger partial charge is 0.416 e. The molecule has 1 aromatic heterocycles. The van der Waals surface area contributed by atoms with E-state index in [0.717, 1.165) is 17.5 Å². The molecule has 13 heteroatoms. The van der Waals surface area contributed by atoms with Crippen LogP contribution in [0.3, 0.4) is 0 Å². The van der Waals surface area contributed by atoms with Gasteiger partial charge in [0.15, 0.2) is 5.82 Å². The predicted molar refractivity (Wildman–Crippen MR) is 109 cm³/mol. The van der Waals surface area contributed by atoms with Gasteiger partial charge in [-0.1, -0.05) is 0 Å². The van der Waals surface area contributed by atoms with Gasteiger partial charge in [0.1, 0.15) is 5.82 Å². The Morgan fingerprint density at radius 1 is 0.971 bits per heavy atom. The minimum atomic E-state index is -5.09. The van der Waals surface area contributed by atoms with E-state index < -0.39 is 46.5 Å². The Bertz CT molecular complexity index is 1270. The van der Waals surface area contributed by atoms with Crippen LogP contribution in [-0.2, 0) is 18.9 Å².